The molecule has 2 aromatic heterocycles. The van der Waals surface area contributed by atoms with Gasteiger partial charge in [-0.3, -0.25) is 4.40 Å². The van der Waals surface area contributed by atoms with E-state index in [1.54, 1.807) is 0 Å². The van der Waals surface area contributed by atoms with E-state index in [0.717, 1.165) is 48.0 Å². The Morgan fingerprint density at radius 2 is 1.56 bits per heavy atom. The van der Waals surface area contributed by atoms with Crippen molar-refractivity contribution in [1.82, 2.24) is 14.6 Å². The number of hydrogen-bond acceptors (Lipinski definition) is 6. The maximum Gasteiger partial charge on any atom is 0.200 e. The van der Waals surface area contributed by atoms with Gasteiger partial charge in [0.1, 0.15) is 11.9 Å². The lowest BCUT2D eigenvalue weighted by Gasteiger charge is -2.42. The van der Waals surface area contributed by atoms with E-state index in [0.29, 0.717) is 16.6 Å². The number of fused-ring (bicyclic) bond motifs is 2. The number of hydrogen-bond donors (Lipinski definition) is 1. The van der Waals surface area contributed by atoms with E-state index in [4.69, 9.17) is 14.9 Å². The van der Waals surface area contributed by atoms with Gasteiger partial charge in [-0.2, -0.15) is 0 Å². The van der Waals surface area contributed by atoms with Gasteiger partial charge in [0.25, 0.3) is 0 Å². The quantitative estimate of drug-likeness (QED) is 0.107. The molecule has 218 valence electrons. The highest BCUT2D eigenvalue weighted by Gasteiger charge is 2.44. The van der Waals surface area contributed by atoms with E-state index < -0.39 is 8.32 Å². The largest absolute Gasteiger partial charge is 0.484 e. The van der Waals surface area contributed by atoms with Crippen molar-refractivity contribution in [3.63, 3.8) is 0 Å². The van der Waals surface area contributed by atoms with Crippen molar-refractivity contribution < 1.29 is 9.16 Å². The van der Waals surface area contributed by atoms with Crippen molar-refractivity contribution in [2.75, 3.05) is 12.4 Å². The molecule has 1 aliphatic rings. The predicted octanol–water partition coefficient (Wildman–Crippen LogP) is 8.59. The fraction of sp³-hybridized carbons (Fsp3) is 0.455. The van der Waals surface area contributed by atoms with Crippen molar-refractivity contribution in [3.05, 3.63) is 78.0 Å². The molecule has 0 spiro atoms. The van der Waals surface area contributed by atoms with Crippen LogP contribution in [-0.4, -0.2) is 35.3 Å². The molecule has 41 heavy (non-hydrogen) atoms. The van der Waals surface area contributed by atoms with Crippen LogP contribution in [0.4, 0.5) is 0 Å². The van der Waals surface area contributed by atoms with Gasteiger partial charge in [0.15, 0.2) is 19.8 Å². The predicted molar refractivity (Wildman–Crippen MR) is 172 cm³/mol. The molecule has 0 bridgehead atoms. The summed E-state index contributed by atoms with van der Waals surface area (Å²) in [5.74, 6) is 2.51. The lowest BCUT2D eigenvalue weighted by molar-refractivity contribution is 0.176. The number of ether oxygens (including phenoxy) is 1. The first kappa shape index (κ1) is 29.8. The number of rotatable bonds is 11. The number of thioether (sulfide) groups is 1. The summed E-state index contributed by atoms with van der Waals surface area (Å²) in [6.07, 6.45) is 3.79. The van der Waals surface area contributed by atoms with Crippen LogP contribution >= 0.6 is 11.8 Å². The van der Waals surface area contributed by atoms with Gasteiger partial charge >= 0.3 is 0 Å². The van der Waals surface area contributed by atoms with E-state index in [9.17, 15) is 0 Å². The lowest BCUT2D eigenvalue weighted by Crippen LogP contribution is -2.48. The van der Waals surface area contributed by atoms with Crippen molar-refractivity contribution in [3.8, 4) is 17.1 Å². The summed E-state index contributed by atoms with van der Waals surface area (Å²) in [7, 11) is -1.88. The number of benzene rings is 2. The summed E-state index contributed by atoms with van der Waals surface area (Å²) in [6, 6.07) is 20.8. The molecule has 5 rings (SSSR count). The first-order valence-electron chi connectivity index (χ1n) is 14.9. The molecule has 8 heteroatoms. The minimum atomic E-state index is -1.88. The molecule has 2 heterocycles. The molecule has 2 atom stereocenters. The molecule has 0 saturated heterocycles. The Morgan fingerprint density at radius 1 is 0.878 bits per heavy atom. The average Bonchev–Trinajstić information content (AvgIpc) is 3.37. The molecule has 1 aliphatic carbocycles. The van der Waals surface area contributed by atoms with Gasteiger partial charge in [-0.25, -0.2) is 0 Å². The number of nitrogens with two attached hydrogens (primary N) is 1. The van der Waals surface area contributed by atoms with Gasteiger partial charge in [-0.1, -0.05) is 84.0 Å². The molecule has 0 radical (unpaired) electrons. The van der Waals surface area contributed by atoms with Gasteiger partial charge in [0, 0.05) is 28.9 Å². The van der Waals surface area contributed by atoms with Crippen molar-refractivity contribution in [1.29, 1.82) is 0 Å². The molecule has 0 saturated carbocycles. The molecule has 0 aliphatic heterocycles. The summed E-state index contributed by atoms with van der Waals surface area (Å²) in [5, 5.41) is 9.07. The molecule has 1 unspecified atom stereocenters. The minimum Gasteiger partial charge on any atom is -0.484 e. The third-order valence-electron chi connectivity index (χ3n) is 8.66. The Labute approximate surface area is 250 Å². The molecule has 2 N–H and O–H groups in total. The monoisotopic (exact) mass is 588 g/mol. The summed E-state index contributed by atoms with van der Waals surface area (Å²) in [4.78, 5) is 1.18. The van der Waals surface area contributed by atoms with E-state index in [-0.39, 0.29) is 12.1 Å². The van der Waals surface area contributed by atoms with Gasteiger partial charge in [0.2, 0.25) is 0 Å². The third kappa shape index (κ3) is 5.98. The van der Waals surface area contributed by atoms with Crippen LogP contribution in [0.25, 0.3) is 17.0 Å². The Balaban J connectivity index is 1.35. The number of nitrogens with zero attached hydrogens (tertiary/aromatic N) is 3. The average molecular weight is 589 g/mol. The standard InChI is InChI=1S/C33H44N4O2SSi/c1-22(2)41(23(3)4,24(5)6)38-19-20-40-31-14-10-9-13-28(31)33-36-35-32-18-15-25(21-37(32)33)39-30-17-16-29(34)26-11-7-8-12-27(26)30/h7-15,18,21-24,29-30H,16-17,19-20,34H2,1-6H3/t29-,30?/m0/s1. The summed E-state index contributed by atoms with van der Waals surface area (Å²) < 4.78 is 15.4. The van der Waals surface area contributed by atoms with Gasteiger partial charge in [-0.05, 0) is 58.8 Å². The molecular weight excluding hydrogens is 545 g/mol. The fourth-order valence-electron chi connectivity index (χ4n) is 6.84. The molecule has 0 fully saturated rings. The normalized spacial score (nSPS) is 17.5. The van der Waals surface area contributed by atoms with Gasteiger partial charge < -0.3 is 14.9 Å². The maximum absolute atomic E-state index is 6.82. The topological polar surface area (TPSA) is 74.7 Å². The highest BCUT2D eigenvalue weighted by atomic mass is 32.2. The van der Waals surface area contributed by atoms with Crippen LogP contribution in [0, 0.1) is 0 Å². The van der Waals surface area contributed by atoms with Crippen molar-refractivity contribution in [2.24, 2.45) is 5.73 Å². The molecule has 6 nitrogen and oxygen atoms in total. The van der Waals surface area contributed by atoms with Crippen molar-refractivity contribution in [2.45, 2.75) is 88.0 Å². The SMILES string of the molecule is CC(C)[Si](OCCSc1ccccc1-c1nnc2ccc(OC3CC[C@H](N)c4ccccc43)cn12)(C(C)C)C(C)C. The molecule has 0 amide bonds. The Bertz CT molecular complexity index is 1450. The Kier molecular flexibility index (Phi) is 9.23. The second-order valence-corrected chi connectivity index (χ2v) is 18.6. The number of pyridine rings is 1. The molecular formula is C33H44N4O2SSi. The van der Waals surface area contributed by atoms with E-state index in [1.165, 1.54) is 16.0 Å². The van der Waals surface area contributed by atoms with Gasteiger partial charge in [-0.15, -0.1) is 22.0 Å². The van der Waals surface area contributed by atoms with Crippen LogP contribution in [-0.2, 0) is 4.43 Å². The third-order valence-corrected chi connectivity index (χ3v) is 15.8. The van der Waals surface area contributed by atoms with Crippen LogP contribution in [0.15, 0.2) is 71.8 Å². The van der Waals surface area contributed by atoms with Crippen LogP contribution in [0.1, 0.15) is 77.7 Å². The maximum atomic E-state index is 6.82. The second-order valence-electron chi connectivity index (χ2n) is 12.0. The second kappa shape index (κ2) is 12.7. The molecule has 2 aromatic carbocycles. The lowest BCUT2D eigenvalue weighted by atomic mass is 9.86. The van der Waals surface area contributed by atoms with E-state index >= 15 is 0 Å². The van der Waals surface area contributed by atoms with Crippen LogP contribution in [0.2, 0.25) is 16.6 Å². The zero-order valence-corrected chi connectivity index (χ0v) is 27.0. The van der Waals surface area contributed by atoms with E-state index in [1.807, 2.05) is 34.5 Å². The highest BCUT2D eigenvalue weighted by molar-refractivity contribution is 7.99. The van der Waals surface area contributed by atoms with Crippen LogP contribution in [0.3, 0.4) is 0 Å². The van der Waals surface area contributed by atoms with Crippen molar-refractivity contribution >= 4 is 25.7 Å². The van der Waals surface area contributed by atoms with Gasteiger partial charge in [0.05, 0.1) is 6.20 Å². The first-order chi connectivity index (χ1) is 19.7. The minimum absolute atomic E-state index is 0.0237. The van der Waals surface area contributed by atoms with Crippen LogP contribution in [0.5, 0.6) is 5.75 Å². The summed E-state index contributed by atoms with van der Waals surface area (Å²) in [5.41, 5.74) is 12.3. The molecule has 4 aromatic rings. The van der Waals surface area contributed by atoms with Crippen LogP contribution < -0.4 is 10.5 Å². The summed E-state index contributed by atoms with van der Waals surface area (Å²) >= 11 is 1.83. The smallest absolute Gasteiger partial charge is 0.200 e. The number of aromatic nitrogens is 3. The Morgan fingerprint density at radius 3 is 2.29 bits per heavy atom. The fourth-order valence-corrected chi connectivity index (χ4v) is 13.3. The van der Waals surface area contributed by atoms with E-state index in [2.05, 4.69) is 100 Å². The zero-order valence-electron chi connectivity index (χ0n) is 25.2. The zero-order chi connectivity index (χ0) is 29.1. The summed E-state index contributed by atoms with van der Waals surface area (Å²) in [6.45, 7) is 14.8. The Hall–Kier alpha value is -2.65. The highest BCUT2D eigenvalue weighted by Crippen LogP contribution is 2.43. The first-order valence-corrected chi connectivity index (χ1v) is 18.1.